The van der Waals surface area contributed by atoms with Crippen LogP contribution in [0.1, 0.15) is 29.1 Å². The molecule has 0 aromatic carbocycles. The molecular weight excluding hydrogens is 286 g/mol. The lowest BCUT2D eigenvalue weighted by atomic mass is 10.3. The molecule has 0 fully saturated rings. The Labute approximate surface area is 128 Å². The van der Waals surface area contributed by atoms with Gasteiger partial charge >= 0.3 is 5.97 Å². The van der Waals surface area contributed by atoms with Crippen LogP contribution in [0.2, 0.25) is 0 Å². The van der Waals surface area contributed by atoms with Crippen LogP contribution >= 0.6 is 11.3 Å². The standard InChI is InChI=1S/C15H19N3O2S/c1-3-18(4-2)13-7-14(21-10-13)5-6-20-15(19)12-8-16-11-17-9-12/h7-11H,3-6H2,1-2H3. The minimum Gasteiger partial charge on any atom is -0.462 e. The third-order valence-electron chi connectivity index (χ3n) is 3.15. The molecule has 0 radical (unpaired) electrons. The van der Waals surface area contributed by atoms with Gasteiger partial charge in [-0.3, -0.25) is 0 Å². The summed E-state index contributed by atoms with van der Waals surface area (Å²) in [7, 11) is 0. The van der Waals surface area contributed by atoms with Gasteiger partial charge < -0.3 is 9.64 Å². The van der Waals surface area contributed by atoms with E-state index in [-0.39, 0.29) is 5.97 Å². The Kier molecular flexibility index (Phi) is 5.68. The summed E-state index contributed by atoms with van der Waals surface area (Å²) in [6.45, 7) is 6.65. The number of hydrogen-bond donors (Lipinski definition) is 0. The molecule has 6 heteroatoms. The molecule has 0 saturated carbocycles. The van der Waals surface area contributed by atoms with Crippen molar-refractivity contribution in [3.05, 3.63) is 40.6 Å². The topological polar surface area (TPSA) is 55.3 Å². The number of carbonyl (C=O) groups excluding carboxylic acids is 1. The van der Waals surface area contributed by atoms with Crippen molar-refractivity contribution in [2.45, 2.75) is 20.3 Å². The summed E-state index contributed by atoms with van der Waals surface area (Å²) < 4.78 is 5.23. The summed E-state index contributed by atoms with van der Waals surface area (Å²) in [4.78, 5) is 22.8. The Morgan fingerprint density at radius 2 is 2.00 bits per heavy atom. The van der Waals surface area contributed by atoms with E-state index in [0.29, 0.717) is 12.2 Å². The Bertz CT molecular complexity index is 567. The molecule has 0 amide bonds. The first-order valence-electron chi connectivity index (χ1n) is 6.99. The fourth-order valence-corrected chi connectivity index (χ4v) is 2.87. The van der Waals surface area contributed by atoms with Crippen molar-refractivity contribution in [3.8, 4) is 0 Å². The van der Waals surface area contributed by atoms with E-state index in [2.05, 4.69) is 40.2 Å². The SMILES string of the molecule is CCN(CC)c1csc(CCOC(=O)c2cncnc2)c1. The van der Waals surface area contributed by atoms with E-state index in [1.165, 1.54) is 29.3 Å². The Morgan fingerprint density at radius 3 is 2.67 bits per heavy atom. The molecule has 0 aliphatic rings. The van der Waals surface area contributed by atoms with Gasteiger partial charge in [-0.25, -0.2) is 14.8 Å². The van der Waals surface area contributed by atoms with Gasteiger partial charge in [0.05, 0.1) is 12.2 Å². The van der Waals surface area contributed by atoms with Crippen molar-refractivity contribution < 1.29 is 9.53 Å². The van der Waals surface area contributed by atoms with Crippen LogP contribution in [-0.2, 0) is 11.2 Å². The van der Waals surface area contributed by atoms with Gasteiger partial charge in [0, 0.05) is 47.8 Å². The maximum absolute atomic E-state index is 11.7. The number of anilines is 1. The van der Waals surface area contributed by atoms with Crippen LogP contribution in [0.4, 0.5) is 5.69 Å². The van der Waals surface area contributed by atoms with Gasteiger partial charge in [-0.2, -0.15) is 0 Å². The first kappa shape index (κ1) is 15.4. The van der Waals surface area contributed by atoms with E-state index in [4.69, 9.17) is 4.74 Å². The van der Waals surface area contributed by atoms with E-state index >= 15 is 0 Å². The average Bonchev–Trinajstić information content (AvgIpc) is 2.98. The largest absolute Gasteiger partial charge is 0.462 e. The normalized spacial score (nSPS) is 10.4. The predicted molar refractivity (Wildman–Crippen MR) is 83.9 cm³/mol. The van der Waals surface area contributed by atoms with Crippen molar-refractivity contribution in [2.75, 3.05) is 24.6 Å². The van der Waals surface area contributed by atoms with Gasteiger partial charge in [-0.05, 0) is 19.9 Å². The van der Waals surface area contributed by atoms with Crippen LogP contribution in [0.15, 0.2) is 30.2 Å². The molecule has 0 bridgehead atoms. The first-order chi connectivity index (χ1) is 10.2. The fraction of sp³-hybridized carbons (Fsp3) is 0.400. The van der Waals surface area contributed by atoms with E-state index in [0.717, 1.165) is 19.5 Å². The minimum absolute atomic E-state index is 0.367. The highest BCUT2D eigenvalue weighted by Crippen LogP contribution is 2.23. The second kappa shape index (κ2) is 7.73. The second-order valence-electron chi connectivity index (χ2n) is 4.46. The van der Waals surface area contributed by atoms with Crippen LogP contribution in [0, 0.1) is 0 Å². The second-order valence-corrected chi connectivity index (χ2v) is 5.45. The van der Waals surface area contributed by atoms with Gasteiger partial charge in [0.15, 0.2) is 0 Å². The molecule has 0 unspecified atom stereocenters. The Balaban J connectivity index is 1.83. The van der Waals surface area contributed by atoms with Crippen molar-refractivity contribution in [2.24, 2.45) is 0 Å². The molecule has 0 aliphatic heterocycles. The summed E-state index contributed by atoms with van der Waals surface area (Å²) in [5, 5.41) is 2.15. The number of thiophene rings is 1. The quantitative estimate of drug-likeness (QED) is 0.736. The first-order valence-corrected chi connectivity index (χ1v) is 7.87. The van der Waals surface area contributed by atoms with Gasteiger partial charge in [0.2, 0.25) is 0 Å². The molecule has 2 aromatic rings. The number of rotatable bonds is 7. The maximum atomic E-state index is 11.7. The summed E-state index contributed by atoms with van der Waals surface area (Å²) in [5.41, 5.74) is 1.62. The highest BCUT2D eigenvalue weighted by molar-refractivity contribution is 7.10. The summed E-state index contributed by atoms with van der Waals surface area (Å²) in [5.74, 6) is -0.379. The molecule has 21 heavy (non-hydrogen) atoms. The molecule has 2 heterocycles. The molecule has 0 atom stereocenters. The molecule has 0 N–H and O–H groups in total. The minimum atomic E-state index is -0.379. The summed E-state index contributed by atoms with van der Waals surface area (Å²) in [6.07, 6.45) is 5.03. The number of nitrogens with zero attached hydrogens (tertiary/aromatic N) is 3. The van der Waals surface area contributed by atoms with Crippen molar-refractivity contribution in [3.63, 3.8) is 0 Å². The number of esters is 1. The lowest BCUT2D eigenvalue weighted by Gasteiger charge is -2.18. The Hall–Kier alpha value is -1.95. The van der Waals surface area contributed by atoms with Crippen LogP contribution in [0.5, 0.6) is 0 Å². The summed E-state index contributed by atoms with van der Waals surface area (Å²) in [6, 6.07) is 2.16. The van der Waals surface area contributed by atoms with E-state index in [1.54, 1.807) is 11.3 Å². The molecule has 112 valence electrons. The monoisotopic (exact) mass is 305 g/mol. The summed E-state index contributed by atoms with van der Waals surface area (Å²) >= 11 is 1.70. The van der Waals surface area contributed by atoms with Crippen LogP contribution in [0.3, 0.4) is 0 Å². The van der Waals surface area contributed by atoms with Crippen LogP contribution in [-0.4, -0.2) is 35.6 Å². The molecule has 2 aromatic heterocycles. The predicted octanol–water partition coefficient (Wildman–Crippen LogP) is 2.78. The van der Waals surface area contributed by atoms with Crippen LogP contribution in [0.25, 0.3) is 0 Å². The van der Waals surface area contributed by atoms with Crippen LogP contribution < -0.4 is 4.90 Å². The number of ether oxygens (including phenoxy) is 1. The van der Waals surface area contributed by atoms with E-state index in [9.17, 15) is 4.79 Å². The zero-order valence-electron chi connectivity index (χ0n) is 12.3. The molecule has 0 spiro atoms. The van der Waals surface area contributed by atoms with E-state index in [1.807, 2.05) is 0 Å². The molecule has 5 nitrogen and oxygen atoms in total. The van der Waals surface area contributed by atoms with Crippen molar-refractivity contribution >= 4 is 23.0 Å². The molecule has 0 saturated heterocycles. The van der Waals surface area contributed by atoms with E-state index < -0.39 is 0 Å². The third kappa shape index (κ3) is 4.26. The van der Waals surface area contributed by atoms with Crippen molar-refractivity contribution in [1.29, 1.82) is 0 Å². The lowest BCUT2D eigenvalue weighted by molar-refractivity contribution is 0.0509. The zero-order valence-corrected chi connectivity index (χ0v) is 13.1. The van der Waals surface area contributed by atoms with Crippen molar-refractivity contribution in [1.82, 2.24) is 9.97 Å². The highest BCUT2D eigenvalue weighted by atomic mass is 32.1. The highest BCUT2D eigenvalue weighted by Gasteiger charge is 2.09. The van der Waals surface area contributed by atoms with Gasteiger partial charge in [-0.15, -0.1) is 11.3 Å². The maximum Gasteiger partial charge on any atom is 0.341 e. The number of carbonyl (C=O) groups is 1. The molecule has 2 rings (SSSR count). The number of hydrogen-bond acceptors (Lipinski definition) is 6. The average molecular weight is 305 g/mol. The van der Waals surface area contributed by atoms with Gasteiger partial charge in [0.1, 0.15) is 6.33 Å². The smallest absolute Gasteiger partial charge is 0.341 e. The van der Waals surface area contributed by atoms with Gasteiger partial charge in [0.25, 0.3) is 0 Å². The fourth-order valence-electron chi connectivity index (χ4n) is 1.99. The van der Waals surface area contributed by atoms with Gasteiger partial charge in [-0.1, -0.05) is 0 Å². The Morgan fingerprint density at radius 1 is 1.29 bits per heavy atom. The molecule has 0 aliphatic carbocycles. The molecular formula is C15H19N3O2S. The zero-order chi connectivity index (χ0) is 15.1. The third-order valence-corrected chi connectivity index (χ3v) is 4.13. The number of aromatic nitrogens is 2. The lowest BCUT2D eigenvalue weighted by Crippen LogP contribution is -2.20.